The average Bonchev–Trinajstić information content (AvgIpc) is 2.96. The van der Waals surface area contributed by atoms with Crippen LogP contribution in [0, 0.1) is 31.6 Å². The van der Waals surface area contributed by atoms with Gasteiger partial charge in [0, 0.05) is 12.2 Å². The molecular formula is C16H22N2O2. The van der Waals surface area contributed by atoms with E-state index in [1.54, 1.807) is 0 Å². The highest BCUT2D eigenvalue weighted by atomic mass is 16.4. The first-order valence-corrected chi connectivity index (χ1v) is 7.50. The molecule has 20 heavy (non-hydrogen) atoms. The summed E-state index contributed by atoms with van der Waals surface area (Å²) in [5.41, 5.74) is 1.96. The molecule has 3 rings (SSSR count). The Hall–Kier alpha value is -1.58. The van der Waals surface area contributed by atoms with E-state index >= 15 is 0 Å². The molecule has 1 heterocycles. The summed E-state index contributed by atoms with van der Waals surface area (Å²) < 4.78 is 0. The lowest BCUT2D eigenvalue weighted by Crippen LogP contribution is -2.22. The lowest BCUT2D eigenvalue weighted by Gasteiger charge is -2.22. The SMILES string of the molecule is Cc1cc(C)c(C(=O)O)c(NCC2CC3CCC2C3)n1. The molecular weight excluding hydrogens is 252 g/mol. The Balaban J connectivity index is 1.75. The van der Waals surface area contributed by atoms with Crippen LogP contribution in [0.3, 0.4) is 0 Å². The lowest BCUT2D eigenvalue weighted by atomic mass is 9.89. The minimum absolute atomic E-state index is 0.318. The fourth-order valence-electron chi connectivity index (χ4n) is 4.09. The summed E-state index contributed by atoms with van der Waals surface area (Å²) in [6.45, 7) is 4.60. The Morgan fingerprint density at radius 3 is 2.80 bits per heavy atom. The van der Waals surface area contributed by atoms with Crippen LogP contribution in [0.2, 0.25) is 0 Å². The van der Waals surface area contributed by atoms with Gasteiger partial charge in [0.25, 0.3) is 0 Å². The van der Waals surface area contributed by atoms with Crippen molar-refractivity contribution in [2.24, 2.45) is 17.8 Å². The number of nitrogens with one attached hydrogen (secondary N) is 1. The molecule has 0 spiro atoms. The first-order valence-electron chi connectivity index (χ1n) is 7.50. The zero-order valence-corrected chi connectivity index (χ0v) is 12.1. The number of carboxylic acids is 1. The molecule has 4 heteroatoms. The predicted octanol–water partition coefficient (Wildman–Crippen LogP) is 3.24. The van der Waals surface area contributed by atoms with Crippen LogP contribution in [0.25, 0.3) is 0 Å². The highest BCUT2D eigenvalue weighted by molar-refractivity contribution is 5.94. The lowest BCUT2D eigenvalue weighted by molar-refractivity contribution is 0.0696. The van der Waals surface area contributed by atoms with Crippen molar-refractivity contribution in [2.45, 2.75) is 39.5 Å². The van der Waals surface area contributed by atoms with E-state index in [0.717, 1.165) is 29.6 Å². The summed E-state index contributed by atoms with van der Waals surface area (Å²) in [5.74, 6) is 2.09. The Bertz CT molecular complexity index is 542. The number of aryl methyl sites for hydroxylation is 2. The second-order valence-electron chi connectivity index (χ2n) is 6.43. The number of carboxylic acid groups (broad SMARTS) is 1. The summed E-state index contributed by atoms with van der Waals surface area (Å²) in [5, 5.41) is 12.7. The second kappa shape index (κ2) is 5.08. The van der Waals surface area contributed by atoms with Gasteiger partial charge in [0.2, 0.25) is 0 Å². The molecule has 0 aromatic carbocycles. The van der Waals surface area contributed by atoms with Gasteiger partial charge in [-0.3, -0.25) is 0 Å². The van der Waals surface area contributed by atoms with Crippen molar-refractivity contribution in [1.82, 2.24) is 4.98 Å². The van der Waals surface area contributed by atoms with Crippen molar-refractivity contribution in [1.29, 1.82) is 0 Å². The normalized spacial score (nSPS) is 27.8. The van der Waals surface area contributed by atoms with E-state index < -0.39 is 5.97 Å². The molecule has 0 amide bonds. The Kier molecular flexibility index (Phi) is 3.40. The van der Waals surface area contributed by atoms with Gasteiger partial charge >= 0.3 is 5.97 Å². The maximum absolute atomic E-state index is 11.4. The summed E-state index contributed by atoms with van der Waals surface area (Å²) in [7, 11) is 0. The monoisotopic (exact) mass is 274 g/mol. The minimum atomic E-state index is -0.898. The second-order valence-corrected chi connectivity index (χ2v) is 6.43. The van der Waals surface area contributed by atoms with Crippen LogP contribution in [0.1, 0.15) is 47.3 Å². The number of aromatic carboxylic acids is 1. The number of hydrogen-bond acceptors (Lipinski definition) is 3. The van der Waals surface area contributed by atoms with Gasteiger partial charge in [-0.15, -0.1) is 0 Å². The van der Waals surface area contributed by atoms with E-state index in [1.807, 2.05) is 19.9 Å². The Morgan fingerprint density at radius 1 is 1.40 bits per heavy atom. The van der Waals surface area contributed by atoms with Crippen molar-refractivity contribution < 1.29 is 9.90 Å². The van der Waals surface area contributed by atoms with Gasteiger partial charge in [0.05, 0.1) is 0 Å². The third-order valence-electron chi connectivity index (χ3n) is 4.97. The van der Waals surface area contributed by atoms with Gasteiger partial charge in [-0.2, -0.15) is 0 Å². The van der Waals surface area contributed by atoms with Crippen LogP contribution in [-0.2, 0) is 0 Å². The van der Waals surface area contributed by atoms with Crippen LogP contribution in [0.4, 0.5) is 5.82 Å². The van der Waals surface area contributed by atoms with Crippen molar-refractivity contribution in [3.63, 3.8) is 0 Å². The van der Waals surface area contributed by atoms with Gasteiger partial charge in [-0.05, 0) is 62.5 Å². The fraction of sp³-hybridized carbons (Fsp3) is 0.625. The van der Waals surface area contributed by atoms with Crippen LogP contribution >= 0.6 is 0 Å². The third kappa shape index (κ3) is 2.39. The van der Waals surface area contributed by atoms with E-state index in [4.69, 9.17) is 0 Å². The molecule has 1 aromatic heterocycles. The van der Waals surface area contributed by atoms with E-state index in [1.165, 1.54) is 25.7 Å². The number of nitrogens with zero attached hydrogens (tertiary/aromatic N) is 1. The third-order valence-corrected chi connectivity index (χ3v) is 4.97. The van der Waals surface area contributed by atoms with Crippen molar-refractivity contribution in [3.05, 3.63) is 22.9 Å². The molecule has 0 saturated heterocycles. The van der Waals surface area contributed by atoms with Crippen LogP contribution in [0.5, 0.6) is 0 Å². The van der Waals surface area contributed by atoms with Gasteiger partial charge in [-0.25, -0.2) is 9.78 Å². The first kappa shape index (κ1) is 13.4. The summed E-state index contributed by atoms with van der Waals surface area (Å²) in [6.07, 6.45) is 5.41. The molecule has 4 nitrogen and oxygen atoms in total. The molecule has 2 fully saturated rings. The molecule has 108 valence electrons. The Morgan fingerprint density at radius 2 is 2.20 bits per heavy atom. The van der Waals surface area contributed by atoms with Crippen molar-refractivity contribution >= 4 is 11.8 Å². The number of hydrogen-bond donors (Lipinski definition) is 2. The average molecular weight is 274 g/mol. The number of anilines is 1. The molecule has 2 aliphatic carbocycles. The molecule has 3 atom stereocenters. The quantitative estimate of drug-likeness (QED) is 0.884. The van der Waals surface area contributed by atoms with Crippen LogP contribution in [-0.4, -0.2) is 22.6 Å². The number of pyridine rings is 1. The van der Waals surface area contributed by atoms with Gasteiger partial charge in [0.1, 0.15) is 11.4 Å². The number of fused-ring (bicyclic) bond motifs is 2. The predicted molar refractivity (Wildman–Crippen MR) is 78.1 cm³/mol. The first-order chi connectivity index (χ1) is 9.54. The largest absolute Gasteiger partial charge is 0.478 e. The highest BCUT2D eigenvalue weighted by Crippen LogP contribution is 2.48. The molecule has 2 N–H and O–H groups in total. The molecule has 2 bridgehead atoms. The molecule has 3 unspecified atom stereocenters. The minimum Gasteiger partial charge on any atom is -0.478 e. The molecule has 0 radical (unpaired) electrons. The number of carbonyl (C=O) groups is 1. The summed E-state index contributed by atoms with van der Waals surface area (Å²) >= 11 is 0. The maximum atomic E-state index is 11.4. The van der Waals surface area contributed by atoms with E-state index in [2.05, 4.69) is 10.3 Å². The fourth-order valence-corrected chi connectivity index (χ4v) is 4.09. The van der Waals surface area contributed by atoms with Gasteiger partial charge < -0.3 is 10.4 Å². The Labute approximate surface area is 119 Å². The van der Waals surface area contributed by atoms with Crippen LogP contribution < -0.4 is 5.32 Å². The molecule has 1 aromatic rings. The van der Waals surface area contributed by atoms with E-state index in [0.29, 0.717) is 17.3 Å². The summed E-state index contributed by atoms with van der Waals surface area (Å²) in [4.78, 5) is 15.8. The van der Waals surface area contributed by atoms with Crippen molar-refractivity contribution in [2.75, 3.05) is 11.9 Å². The number of aromatic nitrogens is 1. The molecule has 0 aliphatic heterocycles. The van der Waals surface area contributed by atoms with Gasteiger partial charge in [0.15, 0.2) is 0 Å². The topological polar surface area (TPSA) is 62.2 Å². The van der Waals surface area contributed by atoms with E-state index in [9.17, 15) is 9.90 Å². The molecule has 2 aliphatic rings. The zero-order valence-electron chi connectivity index (χ0n) is 12.1. The standard InChI is InChI=1S/C16H22N2O2/c1-9-5-10(2)18-15(14(9)16(19)20)17-8-13-7-11-3-4-12(13)6-11/h5,11-13H,3-4,6-8H2,1-2H3,(H,17,18)(H,19,20). The smallest absolute Gasteiger partial charge is 0.339 e. The molecule has 2 saturated carbocycles. The summed E-state index contributed by atoms with van der Waals surface area (Å²) in [6, 6.07) is 1.83. The zero-order chi connectivity index (χ0) is 14.3. The highest BCUT2D eigenvalue weighted by Gasteiger charge is 2.39. The van der Waals surface area contributed by atoms with Gasteiger partial charge in [-0.1, -0.05) is 6.42 Å². The maximum Gasteiger partial charge on any atom is 0.339 e. The van der Waals surface area contributed by atoms with E-state index in [-0.39, 0.29) is 0 Å². The number of rotatable bonds is 4. The van der Waals surface area contributed by atoms with Crippen LogP contribution in [0.15, 0.2) is 6.07 Å². The van der Waals surface area contributed by atoms with Crippen molar-refractivity contribution in [3.8, 4) is 0 Å².